The molecule has 0 spiro atoms. The monoisotopic (exact) mass is 211 g/mol. The first kappa shape index (κ1) is 10.6. The van der Waals surface area contributed by atoms with Crippen molar-refractivity contribution in [3.8, 4) is 0 Å². The Morgan fingerprint density at radius 1 is 1.33 bits per heavy atom. The van der Waals surface area contributed by atoms with Crippen molar-refractivity contribution >= 4 is 0 Å². The van der Waals surface area contributed by atoms with Gasteiger partial charge in [-0.15, -0.1) is 0 Å². The standard InChI is InChI=1S/C12H15F2N/c1-12(5-6-12)11(15-2)9-4-3-8(13)7-10(9)14/h3-4,7,11,15H,5-6H2,1-2H3. The van der Waals surface area contributed by atoms with Crippen LogP contribution in [-0.4, -0.2) is 7.05 Å². The summed E-state index contributed by atoms with van der Waals surface area (Å²) >= 11 is 0. The molecular weight excluding hydrogens is 196 g/mol. The molecule has 1 N–H and O–H groups in total. The van der Waals surface area contributed by atoms with Crippen molar-refractivity contribution in [2.75, 3.05) is 7.05 Å². The normalized spacial score (nSPS) is 20.0. The quantitative estimate of drug-likeness (QED) is 0.810. The molecular formula is C12H15F2N. The molecule has 1 nitrogen and oxygen atoms in total. The largest absolute Gasteiger partial charge is 0.312 e. The molecule has 2 rings (SSSR count). The van der Waals surface area contributed by atoms with Crippen LogP contribution in [0.1, 0.15) is 31.4 Å². The minimum atomic E-state index is -0.521. The van der Waals surface area contributed by atoms with E-state index in [-0.39, 0.29) is 11.5 Å². The smallest absolute Gasteiger partial charge is 0.130 e. The van der Waals surface area contributed by atoms with Crippen molar-refractivity contribution in [2.45, 2.75) is 25.8 Å². The van der Waals surface area contributed by atoms with E-state index in [0.717, 1.165) is 18.9 Å². The maximum atomic E-state index is 13.6. The van der Waals surface area contributed by atoms with Crippen molar-refractivity contribution in [3.05, 3.63) is 35.4 Å². The predicted molar refractivity (Wildman–Crippen MR) is 55.5 cm³/mol. The van der Waals surface area contributed by atoms with Crippen LogP contribution in [0, 0.1) is 17.0 Å². The molecule has 0 aromatic heterocycles. The Morgan fingerprint density at radius 2 is 2.00 bits per heavy atom. The highest BCUT2D eigenvalue weighted by atomic mass is 19.1. The molecule has 1 atom stereocenters. The fraction of sp³-hybridized carbons (Fsp3) is 0.500. The van der Waals surface area contributed by atoms with Gasteiger partial charge in [-0.1, -0.05) is 13.0 Å². The summed E-state index contributed by atoms with van der Waals surface area (Å²) in [5.41, 5.74) is 0.701. The van der Waals surface area contributed by atoms with Crippen LogP contribution < -0.4 is 5.32 Å². The van der Waals surface area contributed by atoms with E-state index in [0.29, 0.717) is 5.56 Å². The molecule has 82 valence electrons. The molecule has 1 aromatic rings. The van der Waals surface area contributed by atoms with Crippen LogP contribution in [0.2, 0.25) is 0 Å². The van der Waals surface area contributed by atoms with Gasteiger partial charge in [-0.3, -0.25) is 0 Å². The van der Waals surface area contributed by atoms with Crippen LogP contribution in [0.3, 0.4) is 0 Å². The SMILES string of the molecule is CNC(c1ccc(F)cc1F)C1(C)CC1. The fourth-order valence-electron chi connectivity index (χ4n) is 2.10. The van der Waals surface area contributed by atoms with Crippen LogP contribution in [0.25, 0.3) is 0 Å². The molecule has 0 saturated heterocycles. The Kier molecular flexibility index (Phi) is 2.51. The number of rotatable bonds is 3. The van der Waals surface area contributed by atoms with Gasteiger partial charge in [-0.2, -0.15) is 0 Å². The molecule has 1 aromatic carbocycles. The van der Waals surface area contributed by atoms with Crippen LogP contribution in [0.4, 0.5) is 8.78 Å². The maximum absolute atomic E-state index is 13.6. The molecule has 1 fully saturated rings. The first-order valence-corrected chi connectivity index (χ1v) is 5.19. The third-order valence-electron chi connectivity index (χ3n) is 3.30. The lowest BCUT2D eigenvalue weighted by molar-refractivity contribution is 0.376. The molecule has 1 aliphatic carbocycles. The predicted octanol–water partition coefficient (Wildman–Crippen LogP) is 3.03. The second-order valence-electron chi connectivity index (χ2n) is 4.54. The Bertz CT molecular complexity index is 372. The summed E-state index contributed by atoms with van der Waals surface area (Å²) in [6.07, 6.45) is 2.19. The summed E-state index contributed by atoms with van der Waals surface area (Å²) in [6.45, 7) is 2.12. The van der Waals surface area contributed by atoms with Gasteiger partial charge in [-0.25, -0.2) is 8.78 Å². The van der Waals surface area contributed by atoms with Crippen LogP contribution >= 0.6 is 0 Å². The van der Waals surface area contributed by atoms with Gasteiger partial charge in [0.2, 0.25) is 0 Å². The number of halogens is 2. The average molecular weight is 211 g/mol. The number of benzene rings is 1. The Balaban J connectivity index is 2.34. The third kappa shape index (κ3) is 1.88. The summed E-state index contributed by atoms with van der Waals surface area (Å²) in [5, 5.41) is 3.12. The van der Waals surface area contributed by atoms with E-state index < -0.39 is 11.6 Å². The average Bonchev–Trinajstić information content (AvgIpc) is 2.90. The van der Waals surface area contributed by atoms with Gasteiger partial charge in [0.05, 0.1) is 0 Å². The molecule has 3 heteroatoms. The number of hydrogen-bond acceptors (Lipinski definition) is 1. The molecule has 0 bridgehead atoms. The van der Waals surface area contributed by atoms with E-state index >= 15 is 0 Å². The zero-order chi connectivity index (χ0) is 11.1. The Hall–Kier alpha value is -0.960. The highest BCUT2D eigenvalue weighted by Gasteiger charge is 2.45. The second-order valence-corrected chi connectivity index (χ2v) is 4.54. The summed E-state index contributed by atoms with van der Waals surface area (Å²) < 4.78 is 26.3. The molecule has 0 radical (unpaired) electrons. The molecule has 15 heavy (non-hydrogen) atoms. The Morgan fingerprint density at radius 3 is 2.47 bits per heavy atom. The van der Waals surface area contributed by atoms with Gasteiger partial charge in [0.15, 0.2) is 0 Å². The fourth-order valence-corrected chi connectivity index (χ4v) is 2.10. The second kappa shape index (κ2) is 3.56. The van der Waals surface area contributed by atoms with E-state index in [1.807, 2.05) is 7.05 Å². The highest BCUT2D eigenvalue weighted by molar-refractivity contribution is 5.26. The number of hydrogen-bond donors (Lipinski definition) is 1. The van der Waals surface area contributed by atoms with E-state index in [2.05, 4.69) is 12.2 Å². The van der Waals surface area contributed by atoms with Crippen molar-refractivity contribution in [3.63, 3.8) is 0 Å². The summed E-state index contributed by atoms with van der Waals surface area (Å²) in [4.78, 5) is 0. The lowest BCUT2D eigenvalue weighted by atomic mass is 9.91. The number of nitrogens with one attached hydrogen (secondary N) is 1. The molecule has 0 aliphatic heterocycles. The summed E-state index contributed by atoms with van der Waals surface area (Å²) in [7, 11) is 1.82. The van der Waals surface area contributed by atoms with Crippen molar-refractivity contribution < 1.29 is 8.78 Å². The van der Waals surface area contributed by atoms with E-state index in [4.69, 9.17) is 0 Å². The topological polar surface area (TPSA) is 12.0 Å². The minimum Gasteiger partial charge on any atom is -0.312 e. The van der Waals surface area contributed by atoms with Gasteiger partial charge < -0.3 is 5.32 Å². The minimum absolute atomic E-state index is 0.0156. The van der Waals surface area contributed by atoms with E-state index in [1.54, 1.807) is 0 Å². The zero-order valence-electron chi connectivity index (χ0n) is 8.98. The molecule has 1 aliphatic rings. The highest BCUT2D eigenvalue weighted by Crippen LogP contribution is 2.54. The van der Waals surface area contributed by atoms with Gasteiger partial charge in [0.1, 0.15) is 11.6 Å². The van der Waals surface area contributed by atoms with Crippen molar-refractivity contribution in [1.82, 2.24) is 5.32 Å². The summed E-state index contributed by atoms with van der Waals surface area (Å²) in [6, 6.07) is 3.79. The third-order valence-corrected chi connectivity index (χ3v) is 3.30. The molecule has 0 heterocycles. The lowest BCUT2D eigenvalue weighted by Gasteiger charge is -2.23. The molecule has 1 saturated carbocycles. The van der Waals surface area contributed by atoms with Gasteiger partial charge in [0.25, 0.3) is 0 Å². The first-order chi connectivity index (χ1) is 7.07. The van der Waals surface area contributed by atoms with E-state index in [1.165, 1.54) is 12.1 Å². The van der Waals surface area contributed by atoms with Gasteiger partial charge in [0, 0.05) is 17.7 Å². The lowest BCUT2D eigenvalue weighted by Crippen LogP contribution is -2.25. The van der Waals surface area contributed by atoms with Gasteiger partial charge >= 0.3 is 0 Å². The van der Waals surface area contributed by atoms with E-state index in [9.17, 15) is 8.78 Å². The maximum Gasteiger partial charge on any atom is 0.130 e. The van der Waals surface area contributed by atoms with Crippen molar-refractivity contribution in [1.29, 1.82) is 0 Å². The van der Waals surface area contributed by atoms with Crippen LogP contribution in [-0.2, 0) is 0 Å². The van der Waals surface area contributed by atoms with Crippen LogP contribution in [0.15, 0.2) is 18.2 Å². The molecule has 1 unspecified atom stereocenters. The van der Waals surface area contributed by atoms with Crippen LogP contribution in [0.5, 0.6) is 0 Å². The molecule has 0 amide bonds. The Labute approximate surface area is 88.5 Å². The van der Waals surface area contributed by atoms with Gasteiger partial charge in [-0.05, 0) is 31.4 Å². The first-order valence-electron chi connectivity index (χ1n) is 5.19. The summed E-state index contributed by atoms with van der Waals surface area (Å²) in [5.74, 6) is -0.977. The van der Waals surface area contributed by atoms with Crippen molar-refractivity contribution in [2.24, 2.45) is 5.41 Å². The zero-order valence-corrected chi connectivity index (χ0v) is 8.98.